The van der Waals surface area contributed by atoms with Crippen molar-refractivity contribution in [1.82, 2.24) is 0 Å². The second-order valence-electron chi connectivity index (χ2n) is 4.62. The normalized spacial score (nSPS) is 17.2. The SMILES string of the molecule is COCC(C)(CC(O)C(F)(F)F)c1ccccc1. The quantitative estimate of drug-likeness (QED) is 0.884. The third-order valence-electron chi connectivity index (χ3n) is 2.96. The van der Waals surface area contributed by atoms with E-state index in [0.717, 1.165) is 5.56 Å². The average Bonchev–Trinajstić information content (AvgIpc) is 2.29. The largest absolute Gasteiger partial charge is 0.414 e. The van der Waals surface area contributed by atoms with Gasteiger partial charge in [0.05, 0.1) is 6.61 Å². The fourth-order valence-corrected chi connectivity index (χ4v) is 1.96. The number of ether oxygens (including phenoxy) is 1. The predicted molar refractivity (Wildman–Crippen MR) is 62.3 cm³/mol. The summed E-state index contributed by atoms with van der Waals surface area (Å²) in [4.78, 5) is 0. The van der Waals surface area contributed by atoms with E-state index in [0.29, 0.717) is 0 Å². The van der Waals surface area contributed by atoms with E-state index in [1.165, 1.54) is 7.11 Å². The Labute approximate surface area is 104 Å². The van der Waals surface area contributed by atoms with E-state index in [9.17, 15) is 18.3 Å². The molecule has 0 aliphatic heterocycles. The molecule has 0 spiro atoms. The molecule has 0 saturated carbocycles. The fourth-order valence-electron chi connectivity index (χ4n) is 1.96. The number of aliphatic hydroxyl groups excluding tert-OH is 1. The van der Waals surface area contributed by atoms with Gasteiger partial charge in [0.25, 0.3) is 0 Å². The van der Waals surface area contributed by atoms with Crippen molar-refractivity contribution in [3.8, 4) is 0 Å². The lowest BCUT2D eigenvalue weighted by Crippen LogP contribution is -2.39. The third-order valence-corrected chi connectivity index (χ3v) is 2.96. The topological polar surface area (TPSA) is 29.5 Å². The molecule has 1 aromatic rings. The Kier molecular flexibility index (Phi) is 4.76. The van der Waals surface area contributed by atoms with Crippen LogP contribution in [0, 0.1) is 0 Å². The highest BCUT2D eigenvalue weighted by Crippen LogP contribution is 2.34. The Hall–Kier alpha value is -1.07. The van der Waals surface area contributed by atoms with Crippen LogP contribution in [0.25, 0.3) is 0 Å². The van der Waals surface area contributed by atoms with Crippen LogP contribution in [0.15, 0.2) is 30.3 Å². The van der Waals surface area contributed by atoms with Crippen LogP contribution in [0.4, 0.5) is 13.2 Å². The molecular formula is C13H17F3O2. The van der Waals surface area contributed by atoms with Gasteiger partial charge in [-0.3, -0.25) is 0 Å². The van der Waals surface area contributed by atoms with Gasteiger partial charge in [0.2, 0.25) is 0 Å². The first-order valence-corrected chi connectivity index (χ1v) is 5.59. The predicted octanol–water partition coefficient (Wildman–Crippen LogP) is 2.90. The number of hydrogen-bond donors (Lipinski definition) is 1. The fraction of sp³-hybridized carbons (Fsp3) is 0.538. The summed E-state index contributed by atoms with van der Waals surface area (Å²) < 4.78 is 42.3. The minimum atomic E-state index is -4.61. The molecule has 0 saturated heterocycles. The first-order valence-electron chi connectivity index (χ1n) is 5.59. The average molecular weight is 262 g/mol. The van der Waals surface area contributed by atoms with E-state index >= 15 is 0 Å². The molecule has 1 aromatic carbocycles. The summed E-state index contributed by atoms with van der Waals surface area (Å²) in [5.41, 5.74) is -0.152. The summed E-state index contributed by atoms with van der Waals surface area (Å²) in [6.07, 6.45) is -7.38. The number of rotatable bonds is 5. The second-order valence-corrected chi connectivity index (χ2v) is 4.62. The number of halogens is 3. The Balaban J connectivity index is 2.95. The first-order chi connectivity index (χ1) is 8.29. The maximum Gasteiger partial charge on any atom is 0.414 e. The molecule has 1 N–H and O–H groups in total. The van der Waals surface area contributed by atoms with E-state index in [2.05, 4.69) is 0 Å². The van der Waals surface area contributed by atoms with Gasteiger partial charge in [0.15, 0.2) is 6.10 Å². The summed E-state index contributed by atoms with van der Waals surface area (Å²) in [5, 5.41) is 9.23. The minimum Gasteiger partial charge on any atom is -0.384 e. The number of benzene rings is 1. The molecule has 102 valence electrons. The molecule has 0 aliphatic rings. The molecule has 0 aromatic heterocycles. The summed E-state index contributed by atoms with van der Waals surface area (Å²) in [7, 11) is 1.43. The van der Waals surface area contributed by atoms with Crippen molar-refractivity contribution >= 4 is 0 Å². The minimum absolute atomic E-state index is 0.115. The zero-order chi connectivity index (χ0) is 13.8. The van der Waals surface area contributed by atoms with Crippen molar-refractivity contribution in [2.24, 2.45) is 0 Å². The maximum atomic E-state index is 12.4. The molecule has 5 heteroatoms. The van der Waals surface area contributed by atoms with Crippen LogP contribution in [-0.4, -0.2) is 31.1 Å². The van der Waals surface area contributed by atoms with Crippen LogP contribution in [-0.2, 0) is 10.2 Å². The van der Waals surface area contributed by atoms with Crippen molar-refractivity contribution < 1.29 is 23.0 Å². The highest BCUT2D eigenvalue weighted by atomic mass is 19.4. The van der Waals surface area contributed by atoms with Crippen LogP contribution >= 0.6 is 0 Å². The van der Waals surface area contributed by atoms with Crippen LogP contribution in [0.2, 0.25) is 0 Å². The van der Waals surface area contributed by atoms with Crippen LogP contribution < -0.4 is 0 Å². The Morgan fingerprint density at radius 1 is 1.22 bits per heavy atom. The zero-order valence-corrected chi connectivity index (χ0v) is 10.4. The molecule has 0 amide bonds. The van der Waals surface area contributed by atoms with Gasteiger partial charge in [-0.15, -0.1) is 0 Å². The number of alkyl halides is 3. The van der Waals surface area contributed by atoms with Crippen LogP contribution in [0.3, 0.4) is 0 Å². The van der Waals surface area contributed by atoms with Gasteiger partial charge in [0, 0.05) is 12.5 Å². The Morgan fingerprint density at radius 2 is 1.78 bits per heavy atom. The van der Waals surface area contributed by atoms with Crippen molar-refractivity contribution in [3.05, 3.63) is 35.9 Å². The van der Waals surface area contributed by atoms with Gasteiger partial charge in [-0.2, -0.15) is 13.2 Å². The molecule has 0 radical (unpaired) electrons. The lowest BCUT2D eigenvalue weighted by atomic mass is 9.78. The van der Waals surface area contributed by atoms with Crippen LogP contribution in [0.1, 0.15) is 18.9 Å². The third kappa shape index (κ3) is 3.71. The Morgan fingerprint density at radius 3 is 2.22 bits per heavy atom. The Bertz CT molecular complexity index is 364. The van der Waals surface area contributed by atoms with Crippen LogP contribution in [0.5, 0.6) is 0 Å². The lowest BCUT2D eigenvalue weighted by Gasteiger charge is -2.32. The number of aliphatic hydroxyl groups is 1. The van der Waals surface area contributed by atoms with E-state index in [1.807, 2.05) is 0 Å². The molecule has 0 heterocycles. The zero-order valence-electron chi connectivity index (χ0n) is 10.4. The van der Waals surface area contributed by atoms with Gasteiger partial charge < -0.3 is 9.84 Å². The smallest absolute Gasteiger partial charge is 0.384 e. The number of hydrogen-bond acceptors (Lipinski definition) is 2. The molecule has 2 unspecified atom stereocenters. The molecular weight excluding hydrogens is 245 g/mol. The van der Waals surface area contributed by atoms with E-state index < -0.39 is 24.1 Å². The molecule has 0 fully saturated rings. The molecule has 18 heavy (non-hydrogen) atoms. The molecule has 0 bridgehead atoms. The summed E-state index contributed by atoms with van der Waals surface area (Å²) in [5.74, 6) is 0. The van der Waals surface area contributed by atoms with E-state index in [1.54, 1.807) is 37.3 Å². The molecule has 2 atom stereocenters. The van der Waals surface area contributed by atoms with Crippen molar-refractivity contribution in [2.45, 2.75) is 31.0 Å². The highest BCUT2D eigenvalue weighted by molar-refractivity contribution is 5.25. The van der Waals surface area contributed by atoms with Crippen molar-refractivity contribution in [1.29, 1.82) is 0 Å². The first kappa shape index (κ1) is 15.0. The molecule has 1 rings (SSSR count). The van der Waals surface area contributed by atoms with E-state index in [-0.39, 0.29) is 6.61 Å². The molecule has 0 aliphatic carbocycles. The highest BCUT2D eigenvalue weighted by Gasteiger charge is 2.43. The standard InChI is InChI=1S/C13H17F3O2/c1-12(9-18-2,8-11(17)13(14,15)16)10-6-4-3-5-7-10/h3-7,11,17H,8-9H2,1-2H3. The summed E-state index contributed by atoms with van der Waals surface area (Å²) >= 11 is 0. The van der Waals surface area contributed by atoms with Gasteiger partial charge >= 0.3 is 6.18 Å². The van der Waals surface area contributed by atoms with Gasteiger partial charge in [0.1, 0.15) is 0 Å². The monoisotopic (exact) mass is 262 g/mol. The summed E-state index contributed by atoms with van der Waals surface area (Å²) in [6.45, 7) is 1.77. The van der Waals surface area contributed by atoms with Crippen molar-refractivity contribution in [3.63, 3.8) is 0 Å². The van der Waals surface area contributed by atoms with Gasteiger partial charge in [-0.25, -0.2) is 0 Å². The van der Waals surface area contributed by atoms with Crippen molar-refractivity contribution in [2.75, 3.05) is 13.7 Å². The molecule has 2 nitrogen and oxygen atoms in total. The van der Waals surface area contributed by atoms with Gasteiger partial charge in [-0.1, -0.05) is 37.3 Å². The van der Waals surface area contributed by atoms with Gasteiger partial charge in [-0.05, 0) is 12.0 Å². The second kappa shape index (κ2) is 5.71. The summed E-state index contributed by atoms with van der Waals surface area (Å²) in [6, 6.07) is 8.77. The maximum absolute atomic E-state index is 12.4. The lowest BCUT2D eigenvalue weighted by molar-refractivity contribution is -0.210. The van der Waals surface area contributed by atoms with E-state index in [4.69, 9.17) is 4.74 Å². The number of methoxy groups -OCH3 is 1.